The van der Waals surface area contributed by atoms with Crippen LogP contribution in [0.1, 0.15) is 32.6 Å². The van der Waals surface area contributed by atoms with E-state index in [4.69, 9.17) is 0 Å². The minimum absolute atomic E-state index is 0.461. The van der Waals surface area contributed by atoms with Crippen LogP contribution >= 0.6 is 0 Å². The van der Waals surface area contributed by atoms with Gasteiger partial charge in [-0.05, 0) is 72.9 Å². The molecule has 2 aliphatic heterocycles. The second kappa shape index (κ2) is 11.3. The van der Waals surface area contributed by atoms with Crippen molar-refractivity contribution in [3.63, 3.8) is 0 Å². The van der Waals surface area contributed by atoms with Crippen molar-refractivity contribution in [3.8, 4) is 0 Å². The number of hydrogen-bond acceptors (Lipinski definition) is 3. The van der Waals surface area contributed by atoms with E-state index in [2.05, 4.69) is 34.9 Å². The van der Waals surface area contributed by atoms with Gasteiger partial charge in [0.1, 0.15) is 0 Å². The van der Waals surface area contributed by atoms with Crippen LogP contribution in [0.2, 0.25) is 0 Å². The van der Waals surface area contributed by atoms with Crippen LogP contribution in [-0.4, -0.2) is 62.7 Å². The number of urea groups is 1. The first kappa shape index (κ1) is 17.2. The Bertz CT molecular complexity index is 185. The van der Waals surface area contributed by atoms with Gasteiger partial charge in [0.2, 0.25) is 0 Å². The van der Waals surface area contributed by atoms with Gasteiger partial charge in [0.25, 0.3) is 0 Å². The van der Waals surface area contributed by atoms with E-state index in [-0.39, 0.29) is 0 Å². The number of carbonyl (C=O) groups excluding carboxylic acids is 1. The first-order valence-electron chi connectivity index (χ1n) is 6.96. The van der Waals surface area contributed by atoms with Crippen LogP contribution < -0.4 is 11.1 Å². The molecule has 2 saturated heterocycles. The number of hydrogen-bond donors (Lipinski definition) is 2. The molecule has 5 nitrogen and oxygen atoms in total. The molecular formula is C13H30N4O. The molecule has 2 amide bonds. The standard InChI is InChI=1S/2C5H11N.C3H8N2O/c2*1-6-4-2-3-5-6;1-2-5-3(4)6/h2*2-5H2,1H3;2H2,1H3,(H3,4,5,6). The van der Waals surface area contributed by atoms with Crippen molar-refractivity contribution in [1.82, 2.24) is 15.1 Å². The smallest absolute Gasteiger partial charge is 0.312 e. The summed E-state index contributed by atoms with van der Waals surface area (Å²) in [4.78, 5) is 14.4. The Hall–Kier alpha value is -0.810. The fourth-order valence-corrected chi connectivity index (χ4v) is 1.92. The van der Waals surface area contributed by atoms with Gasteiger partial charge in [-0.2, -0.15) is 0 Å². The van der Waals surface area contributed by atoms with Crippen LogP contribution in [-0.2, 0) is 0 Å². The van der Waals surface area contributed by atoms with Gasteiger partial charge in [-0.1, -0.05) is 0 Å². The highest BCUT2D eigenvalue weighted by molar-refractivity contribution is 5.71. The SMILES string of the molecule is CCNC(N)=O.CN1CCCC1.CN1CCCC1. The molecule has 0 atom stereocenters. The number of likely N-dealkylation sites (tertiary alicyclic amines) is 2. The fraction of sp³-hybridized carbons (Fsp3) is 0.923. The number of rotatable bonds is 1. The van der Waals surface area contributed by atoms with E-state index >= 15 is 0 Å². The number of nitrogens with one attached hydrogen (secondary N) is 1. The molecule has 0 saturated carbocycles. The van der Waals surface area contributed by atoms with Crippen LogP contribution in [0, 0.1) is 0 Å². The van der Waals surface area contributed by atoms with Crippen molar-refractivity contribution in [2.45, 2.75) is 32.6 Å². The summed E-state index contributed by atoms with van der Waals surface area (Å²) in [5.74, 6) is 0. The summed E-state index contributed by atoms with van der Waals surface area (Å²) in [6.45, 7) is 7.69. The lowest BCUT2D eigenvalue weighted by Gasteiger charge is -2.01. The van der Waals surface area contributed by atoms with Crippen molar-refractivity contribution in [1.29, 1.82) is 0 Å². The van der Waals surface area contributed by atoms with Crippen LogP contribution in [0.15, 0.2) is 0 Å². The van der Waals surface area contributed by atoms with Gasteiger partial charge in [0, 0.05) is 6.54 Å². The molecule has 108 valence electrons. The predicted octanol–water partition coefficient (Wildman–Crippen LogP) is 1.10. The highest BCUT2D eigenvalue weighted by Crippen LogP contribution is 2.02. The zero-order valence-corrected chi connectivity index (χ0v) is 12.2. The summed E-state index contributed by atoms with van der Waals surface area (Å²) in [5.41, 5.74) is 4.65. The summed E-state index contributed by atoms with van der Waals surface area (Å²) >= 11 is 0. The number of primary amides is 1. The molecule has 3 N–H and O–H groups in total. The third-order valence-corrected chi connectivity index (χ3v) is 3.01. The Morgan fingerprint density at radius 1 is 1.00 bits per heavy atom. The van der Waals surface area contributed by atoms with Crippen molar-refractivity contribution >= 4 is 6.03 Å². The molecule has 18 heavy (non-hydrogen) atoms. The molecule has 2 heterocycles. The lowest BCUT2D eigenvalue weighted by molar-refractivity contribution is 0.249. The maximum Gasteiger partial charge on any atom is 0.312 e. The van der Waals surface area contributed by atoms with Gasteiger partial charge in [-0.15, -0.1) is 0 Å². The molecule has 0 aromatic heterocycles. The fourth-order valence-electron chi connectivity index (χ4n) is 1.92. The second-order valence-corrected chi connectivity index (χ2v) is 4.92. The normalized spacial score (nSPS) is 19.5. The van der Waals surface area contributed by atoms with Gasteiger partial charge >= 0.3 is 6.03 Å². The molecular weight excluding hydrogens is 228 g/mol. The Morgan fingerprint density at radius 2 is 1.33 bits per heavy atom. The summed E-state index contributed by atoms with van der Waals surface area (Å²) < 4.78 is 0. The van der Waals surface area contributed by atoms with Gasteiger partial charge in [0.15, 0.2) is 0 Å². The zero-order valence-electron chi connectivity index (χ0n) is 12.2. The monoisotopic (exact) mass is 258 g/mol. The minimum atomic E-state index is -0.461. The molecule has 0 aromatic carbocycles. The van der Waals surface area contributed by atoms with Gasteiger partial charge in [-0.3, -0.25) is 0 Å². The summed E-state index contributed by atoms with van der Waals surface area (Å²) in [5, 5.41) is 2.35. The number of carbonyl (C=O) groups is 1. The molecule has 0 unspecified atom stereocenters. The van der Waals surface area contributed by atoms with Crippen LogP contribution in [0.25, 0.3) is 0 Å². The number of amides is 2. The molecule has 0 bridgehead atoms. The maximum absolute atomic E-state index is 9.71. The molecule has 0 spiro atoms. The van der Waals surface area contributed by atoms with Gasteiger partial charge in [-0.25, -0.2) is 4.79 Å². The zero-order chi connectivity index (χ0) is 13.8. The summed E-state index contributed by atoms with van der Waals surface area (Å²) in [7, 11) is 4.35. The number of nitrogens with zero attached hydrogens (tertiary/aromatic N) is 2. The Kier molecular flexibility index (Phi) is 10.8. The van der Waals surface area contributed by atoms with Gasteiger partial charge < -0.3 is 20.9 Å². The molecule has 2 rings (SSSR count). The Labute approximate surface area is 112 Å². The quantitative estimate of drug-likeness (QED) is 0.740. The molecule has 2 fully saturated rings. The third-order valence-electron chi connectivity index (χ3n) is 3.01. The van der Waals surface area contributed by atoms with E-state index in [1.807, 2.05) is 6.92 Å². The Morgan fingerprint density at radius 3 is 1.39 bits per heavy atom. The topological polar surface area (TPSA) is 61.6 Å². The average molecular weight is 258 g/mol. The summed E-state index contributed by atoms with van der Waals surface area (Å²) in [6.07, 6.45) is 5.65. The van der Waals surface area contributed by atoms with Crippen LogP contribution in [0.4, 0.5) is 4.79 Å². The van der Waals surface area contributed by atoms with Crippen LogP contribution in [0.5, 0.6) is 0 Å². The number of nitrogens with two attached hydrogens (primary N) is 1. The first-order chi connectivity index (χ1) is 8.56. The molecule has 2 aliphatic rings. The van der Waals surface area contributed by atoms with Crippen molar-refractivity contribution in [2.24, 2.45) is 5.73 Å². The predicted molar refractivity (Wildman–Crippen MR) is 76.7 cm³/mol. The maximum atomic E-state index is 9.71. The van der Waals surface area contributed by atoms with E-state index in [1.54, 1.807) is 0 Å². The highest BCUT2D eigenvalue weighted by atomic mass is 16.2. The summed E-state index contributed by atoms with van der Waals surface area (Å²) in [6, 6.07) is -0.461. The second-order valence-electron chi connectivity index (χ2n) is 4.92. The van der Waals surface area contributed by atoms with Crippen molar-refractivity contribution < 1.29 is 4.79 Å². The molecule has 5 heteroatoms. The van der Waals surface area contributed by atoms with Gasteiger partial charge in [0.05, 0.1) is 0 Å². The van der Waals surface area contributed by atoms with E-state index < -0.39 is 6.03 Å². The highest BCUT2D eigenvalue weighted by Gasteiger charge is 2.03. The van der Waals surface area contributed by atoms with E-state index in [1.165, 1.54) is 51.9 Å². The lowest BCUT2D eigenvalue weighted by atomic mass is 10.4. The Balaban J connectivity index is 0.000000241. The molecule has 0 radical (unpaired) electrons. The van der Waals surface area contributed by atoms with E-state index in [0.717, 1.165) is 0 Å². The molecule has 0 aromatic rings. The minimum Gasteiger partial charge on any atom is -0.352 e. The third kappa shape index (κ3) is 11.7. The van der Waals surface area contributed by atoms with Crippen molar-refractivity contribution in [2.75, 3.05) is 46.8 Å². The molecule has 0 aliphatic carbocycles. The largest absolute Gasteiger partial charge is 0.352 e. The van der Waals surface area contributed by atoms with E-state index in [0.29, 0.717) is 6.54 Å². The average Bonchev–Trinajstić information content (AvgIpc) is 2.93. The van der Waals surface area contributed by atoms with E-state index in [9.17, 15) is 4.79 Å². The first-order valence-corrected chi connectivity index (χ1v) is 6.96. The lowest BCUT2D eigenvalue weighted by Crippen LogP contribution is -2.28. The van der Waals surface area contributed by atoms with Crippen LogP contribution in [0.3, 0.4) is 0 Å². The van der Waals surface area contributed by atoms with Crippen molar-refractivity contribution in [3.05, 3.63) is 0 Å².